The molecule has 104 valence electrons. The molecule has 0 bridgehead atoms. The summed E-state index contributed by atoms with van der Waals surface area (Å²) >= 11 is 0.692. The normalized spacial score (nSPS) is 10.4. The molecule has 0 aromatic heterocycles. The van der Waals surface area contributed by atoms with Crippen molar-refractivity contribution < 1.29 is 8.92 Å². The first kappa shape index (κ1) is 15.5. The van der Waals surface area contributed by atoms with E-state index in [-0.39, 0.29) is 0 Å². The molecule has 1 aromatic rings. The molecular weight excluding hydrogens is 244 g/mol. The number of ether oxygens (including phenoxy) is 1. The van der Waals surface area contributed by atoms with Gasteiger partial charge < -0.3 is 8.92 Å². The minimum absolute atomic E-state index is 0.692. The summed E-state index contributed by atoms with van der Waals surface area (Å²) in [6.45, 7) is 6.61. The van der Waals surface area contributed by atoms with E-state index in [1.165, 1.54) is 12.0 Å². The minimum atomic E-state index is 0.692. The van der Waals surface area contributed by atoms with Gasteiger partial charge in [-0.3, -0.25) is 0 Å². The molecule has 1 aromatic carbocycles. The molecule has 0 radical (unpaired) electrons. The van der Waals surface area contributed by atoms with Crippen molar-refractivity contribution in [3.8, 4) is 0 Å². The summed E-state index contributed by atoms with van der Waals surface area (Å²) in [6.07, 6.45) is 4.56. The van der Waals surface area contributed by atoms with Crippen LogP contribution in [0.25, 0.3) is 0 Å². The third-order valence-electron chi connectivity index (χ3n) is 2.34. The molecule has 1 rings (SSSR count). The highest BCUT2D eigenvalue weighted by molar-refractivity contribution is 7.75. The maximum atomic E-state index is 6.48. The van der Waals surface area contributed by atoms with E-state index in [2.05, 4.69) is 30.2 Å². The third kappa shape index (κ3) is 12.0. The Hall–Kier alpha value is -0.510. The SMILES string of the molecule is CCCCOCc1ccccc1.[3H]SOCCCC. The Kier molecular flexibility index (Phi) is 12.6. The first-order valence-electron chi connectivity index (χ1n) is 7.12. The molecule has 2 nitrogen and oxygen atoms in total. The lowest BCUT2D eigenvalue weighted by Gasteiger charge is -2.02. The van der Waals surface area contributed by atoms with Crippen LogP contribution in [-0.2, 0) is 15.5 Å². The highest BCUT2D eigenvalue weighted by Crippen LogP contribution is 2.00. The Balaban J connectivity index is 0.000000399. The average molecular weight is 272 g/mol. The fourth-order valence-electron chi connectivity index (χ4n) is 1.21. The molecule has 0 atom stereocenters. The average Bonchev–Trinajstić information content (AvgIpc) is 2.46. The molecule has 0 saturated heterocycles. The van der Waals surface area contributed by atoms with E-state index in [1.807, 2.05) is 18.2 Å². The van der Waals surface area contributed by atoms with Crippen molar-refractivity contribution in [1.29, 1.82) is 1.12 Å². The van der Waals surface area contributed by atoms with Crippen LogP contribution in [0.3, 0.4) is 0 Å². The standard InChI is InChI=1S/C11H16O.C4H10OS/c1-2-3-9-12-10-11-7-5-4-6-8-11;1-2-3-4-5-6/h4-8H,2-3,9-10H2,1H3;6H,2-4H2,1H3/i/hT. The maximum Gasteiger partial charge on any atom is 0.135 e. The Morgan fingerprint density at radius 3 is 2.33 bits per heavy atom. The van der Waals surface area contributed by atoms with Gasteiger partial charge in [0.2, 0.25) is 0 Å². The van der Waals surface area contributed by atoms with E-state index < -0.39 is 0 Å². The highest BCUT2D eigenvalue weighted by atomic mass is 32.1. The van der Waals surface area contributed by atoms with Gasteiger partial charge >= 0.3 is 0 Å². The van der Waals surface area contributed by atoms with Gasteiger partial charge in [0, 0.05) is 6.61 Å². The van der Waals surface area contributed by atoms with Gasteiger partial charge in [-0.05, 0) is 31.2 Å². The smallest absolute Gasteiger partial charge is 0.135 e. The fourth-order valence-corrected chi connectivity index (χ4v) is 1.33. The molecule has 0 N–H and O–H groups in total. The number of rotatable bonds is 9. The minimum Gasteiger partial charge on any atom is -0.377 e. The molecule has 0 saturated carbocycles. The monoisotopic (exact) mass is 272 g/mol. The van der Waals surface area contributed by atoms with Crippen LogP contribution in [-0.4, -0.2) is 14.3 Å². The summed E-state index contributed by atoms with van der Waals surface area (Å²) in [4.78, 5) is 0. The van der Waals surface area contributed by atoms with E-state index in [9.17, 15) is 0 Å². The lowest BCUT2D eigenvalue weighted by atomic mass is 10.2. The first-order valence-corrected chi connectivity index (χ1v) is 7.04. The number of thiol groups is 1. The van der Waals surface area contributed by atoms with Crippen LogP contribution in [0.2, 0.25) is 0 Å². The van der Waals surface area contributed by atoms with Gasteiger partial charge in [0.25, 0.3) is 0 Å². The molecule has 0 aliphatic heterocycles. The summed E-state index contributed by atoms with van der Waals surface area (Å²) in [5, 5.41) is 0. The van der Waals surface area contributed by atoms with Crippen LogP contribution < -0.4 is 0 Å². The third-order valence-corrected chi connectivity index (χ3v) is 2.50. The zero-order chi connectivity index (χ0) is 14.2. The predicted molar refractivity (Wildman–Crippen MR) is 80.9 cm³/mol. The Labute approximate surface area is 118 Å². The zero-order valence-corrected chi connectivity index (χ0v) is 12.4. The second kappa shape index (κ2) is 14.6. The summed E-state index contributed by atoms with van der Waals surface area (Å²) in [5.41, 5.74) is 1.26. The lowest BCUT2D eigenvalue weighted by Crippen LogP contribution is -1.94. The highest BCUT2D eigenvalue weighted by Gasteiger charge is 1.89. The quantitative estimate of drug-likeness (QED) is 0.401. The number of hydrogen-bond acceptors (Lipinski definition) is 3. The van der Waals surface area contributed by atoms with E-state index >= 15 is 0 Å². The van der Waals surface area contributed by atoms with Crippen LogP contribution >= 0.6 is 12.8 Å². The number of unbranched alkanes of at least 4 members (excludes halogenated alkanes) is 2. The topological polar surface area (TPSA) is 18.5 Å². The largest absolute Gasteiger partial charge is 0.377 e. The molecule has 0 aliphatic carbocycles. The second-order valence-corrected chi connectivity index (χ2v) is 4.30. The summed E-state index contributed by atoms with van der Waals surface area (Å²) in [7, 11) is 0. The molecule has 3 heteroatoms. The molecule has 0 unspecified atom stereocenters. The van der Waals surface area contributed by atoms with Crippen LogP contribution in [0.15, 0.2) is 30.3 Å². The second-order valence-electron chi connectivity index (χ2n) is 4.07. The number of benzene rings is 1. The van der Waals surface area contributed by atoms with E-state index in [4.69, 9.17) is 5.86 Å². The predicted octanol–water partition coefficient (Wildman–Crippen LogP) is 4.65. The van der Waals surface area contributed by atoms with Crippen molar-refractivity contribution >= 4 is 12.8 Å². The van der Waals surface area contributed by atoms with Gasteiger partial charge in [0.15, 0.2) is 0 Å². The van der Waals surface area contributed by atoms with E-state index in [0.29, 0.717) is 19.4 Å². The van der Waals surface area contributed by atoms with Crippen LogP contribution in [0.4, 0.5) is 0 Å². The van der Waals surface area contributed by atoms with Crippen molar-refractivity contribution in [2.75, 3.05) is 13.2 Å². The van der Waals surface area contributed by atoms with Gasteiger partial charge in [0.05, 0.1) is 13.2 Å². The van der Waals surface area contributed by atoms with Gasteiger partial charge in [-0.25, -0.2) is 0 Å². The molecular formula is C15H26O2S. The van der Waals surface area contributed by atoms with Crippen molar-refractivity contribution in [1.82, 2.24) is 0 Å². The van der Waals surface area contributed by atoms with Gasteiger partial charge in [0.1, 0.15) is 1.12 Å². The summed E-state index contributed by atoms with van der Waals surface area (Å²) in [6, 6.07) is 10.3. The molecule has 18 heavy (non-hydrogen) atoms. The lowest BCUT2D eigenvalue weighted by molar-refractivity contribution is 0.118. The number of hydrogen-bond donors (Lipinski definition) is 1. The fraction of sp³-hybridized carbons (Fsp3) is 0.600. The zero-order valence-electron chi connectivity index (χ0n) is 12.6. The van der Waals surface area contributed by atoms with Crippen molar-refractivity contribution in [2.45, 2.75) is 46.1 Å². The van der Waals surface area contributed by atoms with Gasteiger partial charge in [-0.1, -0.05) is 57.0 Å². The van der Waals surface area contributed by atoms with E-state index in [1.54, 1.807) is 0 Å². The summed E-state index contributed by atoms with van der Waals surface area (Å²) in [5.74, 6) is 0. The Bertz CT molecular complexity index is 266. The summed E-state index contributed by atoms with van der Waals surface area (Å²) < 4.78 is 16.6. The molecule has 0 amide bonds. The van der Waals surface area contributed by atoms with Crippen LogP contribution in [0.1, 0.15) is 45.1 Å². The van der Waals surface area contributed by atoms with Gasteiger partial charge in [-0.2, -0.15) is 0 Å². The van der Waals surface area contributed by atoms with Crippen LogP contribution in [0, 0.1) is 0 Å². The Morgan fingerprint density at radius 2 is 1.72 bits per heavy atom. The molecule has 0 spiro atoms. The molecule has 0 aliphatic rings. The van der Waals surface area contributed by atoms with Crippen molar-refractivity contribution in [3.63, 3.8) is 0 Å². The van der Waals surface area contributed by atoms with Crippen molar-refractivity contribution in [2.24, 2.45) is 0 Å². The Morgan fingerprint density at radius 1 is 1.06 bits per heavy atom. The van der Waals surface area contributed by atoms with Gasteiger partial charge in [-0.15, -0.1) is 0 Å². The van der Waals surface area contributed by atoms with Crippen LogP contribution in [0.5, 0.6) is 0 Å². The molecule has 0 fully saturated rings. The van der Waals surface area contributed by atoms with Crippen molar-refractivity contribution in [3.05, 3.63) is 35.9 Å². The first-order chi connectivity index (χ1) is 9.35. The van der Waals surface area contributed by atoms with E-state index in [0.717, 1.165) is 32.5 Å². The maximum absolute atomic E-state index is 6.48. The molecule has 0 heterocycles.